The van der Waals surface area contributed by atoms with Gasteiger partial charge in [-0.25, -0.2) is 0 Å². The molecule has 0 radical (unpaired) electrons. The van der Waals surface area contributed by atoms with Crippen molar-refractivity contribution in [3.63, 3.8) is 0 Å². The monoisotopic (exact) mass is 994 g/mol. The number of rotatable bonds is 17. The van der Waals surface area contributed by atoms with E-state index in [0.717, 1.165) is 6.07 Å². The second kappa shape index (κ2) is 14.9. The van der Waals surface area contributed by atoms with Gasteiger partial charge in [-0.3, -0.25) is 0 Å². The van der Waals surface area contributed by atoms with Crippen LogP contribution in [0.1, 0.15) is 36.8 Å². The molecule has 0 heterocycles. The average Bonchev–Trinajstić information content (AvgIpc) is 2.95. The van der Waals surface area contributed by atoms with E-state index < -0.39 is 139 Å². The number of alkyl halides is 26. The van der Waals surface area contributed by atoms with E-state index in [9.17, 15) is 114 Å². The smallest absolute Gasteiger partial charge is 0.165 e. The molecule has 0 aliphatic heterocycles. The second-order valence-corrected chi connectivity index (χ2v) is 18.0. The molecule has 0 saturated heterocycles. The van der Waals surface area contributed by atoms with Gasteiger partial charge in [0.2, 0.25) is 0 Å². The van der Waals surface area contributed by atoms with E-state index in [2.05, 4.69) is 0 Å². The summed E-state index contributed by atoms with van der Waals surface area (Å²) in [6.07, 6.45) is -26.6. The molecule has 314 valence electrons. The molecule has 0 aromatic heterocycles. The Morgan fingerprint density at radius 3 is 0.943 bits per heavy atom. The van der Waals surface area contributed by atoms with Crippen molar-refractivity contribution in [3.05, 3.63) is 32.9 Å². The molecular weight excluding hydrogens is 980 g/mol. The van der Waals surface area contributed by atoms with E-state index in [1.54, 1.807) is 0 Å². The number of hydrogen-bond donors (Lipinski definition) is 0. The molecule has 0 aliphatic rings. The molecule has 0 atom stereocenters. The Balaban J connectivity index is 3.36. The minimum Gasteiger partial charge on any atom is -0.165 e. The minimum absolute atomic E-state index is 0.182. The molecule has 1 aromatic carbocycles. The normalized spacial score (nSPS) is 16.0. The molecule has 53 heavy (non-hydrogen) atoms. The van der Waals surface area contributed by atoms with Gasteiger partial charge in [-0.1, -0.05) is 0 Å². The van der Waals surface area contributed by atoms with E-state index >= 15 is 0 Å². The van der Waals surface area contributed by atoms with Gasteiger partial charge in [-0.05, 0) is 0 Å². The van der Waals surface area contributed by atoms with Gasteiger partial charge < -0.3 is 0 Å². The first kappa shape index (κ1) is 49.7. The Morgan fingerprint density at radius 2 is 0.660 bits per heavy atom. The van der Waals surface area contributed by atoms with Crippen molar-refractivity contribution >= 4 is 35.4 Å². The summed E-state index contributed by atoms with van der Waals surface area (Å²) in [6.45, 7) is 0. The van der Waals surface area contributed by atoms with Crippen LogP contribution in [0.4, 0.5) is 114 Å². The molecule has 0 spiro atoms. The van der Waals surface area contributed by atoms with E-state index in [1.807, 2.05) is 0 Å². The third kappa shape index (κ3) is 8.40. The number of halogens is 29. The summed E-state index contributed by atoms with van der Waals surface area (Å²) in [5.74, 6) is -77.1. The van der Waals surface area contributed by atoms with Gasteiger partial charge in [-0.15, -0.1) is 0 Å². The summed E-state index contributed by atoms with van der Waals surface area (Å²) in [6, 6.07) is 2.28. The quantitative estimate of drug-likeness (QED) is 0.108. The zero-order valence-electron chi connectivity index (χ0n) is 24.4. The molecule has 0 aliphatic carbocycles. The van der Waals surface area contributed by atoms with Gasteiger partial charge in [-0.2, -0.15) is 35.1 Å². The van der Waals surface area contributed by atoms with Crippen LogP contribution in [-0.2, 0) is 12.8 Å². The van der Waals surface area contributed by atoms with Crippen molar-refractivity contribution in [3.8, 4) is 0 Å². The van der Waals surface area contributed by atoms with Crippen LogP contribution in [0.5, 0.6) is 0 Å². The first-order valence-electron chi connectivity index (χ1n) is 13.0. The predicted octanol–water partition coefficient (Wildman–Crippen LogP) is 13.8. The molecule has 0 N–H and O–H groups in total. The van der Waals surface area contributed by atoms with Gasteiger partial charge in [0, 0.05) is 0 Å². The van der Waals surface area contributed by atoms with Crippen molar-refractivity contribution in [2.75, 3.05) is 0 Å². The van der Waals surface area contributed by atoms with Crippen molar-refractivity contribution < 1.29 is 114 Å². The molecule has 0 saturated carbocycles. The van der Waals surface area contributed by atoms with Crippen molar-refractivity contribution in [2.45, 2.75) is 110 Å². The molecule has 0 unspecified atom stereocenters. The Kier molecular flexibility index (Phi) is 14.0. The molecule has 0 fully saturated rings. The zero-order chi connectivity index (χ0) is 42.7. The van der Waals surface area contributed by atoms with Crippen LogP contribution in [0.15, 0.2) is 18.2 Å². The summed E-state index contributed by atoms with van der Waals surface area (Å²) in [5, 5.41) is 0. The number of aryl methyl sites for hydroxylation is 2. The van der Waals surface area contributed by atoms with Gasteiger partial charge in [0.15, 0.2) is 0 Å². The Labute approximate surface area is 292 Å². The summed E-state index contributed by atoms with van der Waals surface area (Å²) >= 11 is -3.25. The Morgan fingerprint density at radius 1 is 0.377 bits per heavy atom. The first-order chi connectivity index (χ1) is 23.0. The van der Waals surface area contributed by atoms with Gasteiger partial charge in [0.1, 0.15) is 0 Å². The zero-order valence-corrected chi connectivity index (χ0v) is 28.1. The van der Waals surface area contributed by atoms with E-state index in [4.69, 9.17) is 17.8 Å². The van der Waals surface area contributed by atoms with Crippen molar-refractivity contribution in [1.29, 1.82) is 0 Å². The molecule has 1 aromatic rings. The Hall–Kier alpha value is -1.29. The maximum absolute atomic E-state index is 14.2. The third-order valence-electron chi connectivity index (χ3n) is 7.20. The molecule has 0 amide bonds. The topological polar surface area (TPSA) is 0 Å². The Bertz CT molecular complexity index is 1410. The SMILES string of the molecule is FC(F)(F)C(F)(F)C(F)(F)C(F)(F)C(F)(F)C(F)(F)CCCc1ccc(I(Cl)Cl)cc1CCCC(F)(F)C(F)(F)C(F)(F)C(F)(F)C(F)(F)C(F)(F)F. The van der Waals surface area contributed by atoms with Crippen LogP contribution in [0.2, 0.25) is 0 Å². The summed E-state index contributed by atoms with van der Waals surface area (Å²) in [4.78, 5) is 0. The third-order valence-corrected chi connectivity index (χ3v) is 11.0. The second-order valence-electron chi connectivity index (χ2n) is 10.8. The molecule has 0 nitrogen and oxygen atoms in total. The van der Waals surface area contributed by atoms with E-state index in [1.165, 1.54) is 0 Å². The van der Waals surface area contributed by atoms with Crippen LogP contribution < -0.4 is 0 Å². The van der Waals surface area contributed by atoms with Gasteiger partial charge >= 0.3 is 257 Å². The van der Waals surface area contributed by atoms with Crippen LogP contribution in [-0.4, -0.2) is 71.6 Å². The standard InChI is InChI=1S/C24H15Cl2F26I/c25-53(26)12-6-5-10(3-1-7-13(27,28)15(31,32)17(35,36)19(39,40)21(43,44)23(47,48)49)11(9-12)4-2-8-14(29,30)16(33,34)18(37,38)20(41,42)22(45,46)24(50,51)52/h5-6,9H,1-4,7-8H2. The van der Waals surface area contributed by atoms with Crippen molar-refractivity contribution in [1.82, 2.24) is 0 Å². The van der Waals surface area contributed by atoms with Crippen LogP contribution in [0.3, 0.4) is 0 Å². The molecular formula is C24H15Cl2F26I. The number of hydrogen-bond acceptors (Lipinski definition) is 0. The molecule has 0 bridgehead atoms. The van der Waals surface area contributed by atoms with Crippen LogP contribution in [0.25, 0.3) is 0 Å². The maximum atomic E-state index is 14.2. The molecule has 1 rings (SSSR count). The minimum atomic E-state index is -8.20. The predicted molar refractivity (Wildman–Crippen MR) is 138 cm³/mol. The van der Waals surface area contributed by atoms with Crippen molar-refractivity contribution in [2.24, 2.45) is 0 Å². The average molecular weight is 995 g/mol. The van der Waals surface area contributed by atoms with E-state index in [0.29, 0.717) is 12.1 Å². The number of benzene rings is 1. The van der Waals surface area contributed by atoms with Crippen LogP contribution in [0, 0.1) is 3.57 Å². The van der Waals surface area contributed by atoms with Gasteiger partial charge in [0.05, 0.1) is 0 Å². The van der Waals surface area contributed by atoms with E-state index in [-0.39, 0.29) is 3.57 Å². The first-order valence-corrected chi connectivity index (χ1v) is 19.6. The summed E-state index contributed by atoms with van der Waals surface area (Å²) < 4.78 is 347. The summed E-state index contributed by atoms with van der Waals surface area (Å²) in [5.41, 5.74) is -1.25. The fourth-order valence-electron chi connectivity index (χ4n) is 4.08. The van der Waals surface area contributed by atoms with Crippen LogP contribution >= 0.6 is 35.4 Å². The fraction of sp³-hybridized carbons (Fsp3) is 0.750. The molecule has 29 heteroatoms. The summed E-state index contributed by atoms with van der Waals surface area (Å²) in [7, 11) is 11.4. The van der Waals surface area contributed by atoms with Gasteiger partial charge in [0.25, 0.3) is 0 Å². The fourth-order valence-corrected chi connectivity index (χ4v) is 6.33.